The second-order valence-electron chi connectivity index (χ2n) is 5.21. The molecular weight excluding hydrogens is 260 g/mol. The van der Waals surface area contributed by atoms with E-state index >= 15 is 0 Å². The molecule has 3 rings (SSSR count). The van der Waals surface area contributed by atoms with Gasteiger partial charge < -0.3 is 9.73 Å². The van der Waals surface area contributed by atoms with Gasteiger partial charge in [0.1, 0.15) is 5.76 Å². The molecule has 21 heavy (non-hydrogen) atoms. The molecule has 0 amide bonds. The van der Waals surface area contributed by atoms with Crippen molar-refractivity contribution in [2.24, 2.45) is 0 Å². The molecule has 0 fully saturated rings. The zero-order valence-corrected chi connectivity index (χ0v) is 12.3. The molecule has 0 aliphatic rings. The van der Waals surface area contributed by atoms with E-state index in [2.05, 4.69) is 47.6 Å². The van der Waals surface area contributed by atoms with Crippen LogP contribution in [0.15, 0.2) is 59.3 Å². The molecule has 3 heteroatoms. The van der Waals surface area contributed by atoms with Crippen molar-refractivity contribution in [1.82, 2.24) is 10.3 Å². The summed E-state index contributed by atoms with van der Waals surface area (Å²) in [5.41, 5.74) is 1.10. The molecule has 1 atom stereocenters. The Morgan fingerprint density at radius 1 is 1.14 bits per heavy atom. The molecule has 0 aliphatic carbocycles. The molecule has 1 unspecified atom stereocenters. The van der Waals surface area contributed by atoms with E-state index in [0.717, 1.165) is 30.8 Å². The number of benzene rings is 1. The summed E-state index contributed by atoms with van der Waals surface area (Å²) in [6.45, 7) is 3.14. The summed E-state index contributed by atoms with van der Waals surface area (Å²) >= 11 is 0. The molecule has 0 saturated carbocycles. The maximum Gasteiger partial charge on any atom is 0.105 e. The Morgan fingerprint density at radius 3 is 2.86 bits per heavy atom. The van der Waals surface area contributed by atoms with E-state index in [1.165, 1.54) is 10.8 Å². The lowest BCUT2D eigenvalue weighted by atomic mass is 10.0. The number of hydrogen-bond acceptors (Lipinski definition) is 3. The van der Waals surface area contributed by atoms with Crippen LogP contribution in [0.2, 0.25) is 0 Å². The van der Waals surface area contributed by atoms with Gasteiger partial charge in [0, 0.05) is 18.0 Å². The Morgan fingerprint density at radius 2 is 2.05 bits per heavy atom. The van der Waals surface area contributed by atoms with E-state index in [1.807, 2.05) is 18.3 Å². The number of hydrogen-bond donors (Lipinski definition) is 1. The lowest BCUT2D eigenvalue weighted by Crippen LogP contribution is -2.25. The number of aromatic nitrogens is 1. The van der Waals surface area contributed by atoms with Crippen LogP contribution in [0, 0.1) is 0 Å². The fourth-order valence-electron chi connectivity index (χ4n) is 2.63. The van der Waals surface area contributed by atoms with Gasteiger partial charge in [-0.05, 0) is 36.6 Å². The molecule has 108 valence electrons. The summed E-state index contributed by atoms with van der Waals surface area (Å²) in [4.78, 5) is 4.64. The van der Waals surface area contributed by atoms with E-state index in [1.54, 1.807) is 6.26 Å². The van der Waals surface area contributed by atoms with Gasteiger partial charge in [-0.3, -0.25) is 4.98 Å². The van der Waals surface area contributed by atoms with Crippen molar-refractivity contribution in [2.45, 2.75) is 25.8 Å². The van der Waals surface area contributed by atoms with E-state index in [-0.39, 0.29) is 6.04 Å². The van der Waals surface area contributed by atoms with Gasteiger partial charge in [-0.15, -0.1) is 0 Å². The van der Waals surface area contributed by atoms with Gasteiger partial charge in [0.05, 0.1) is 18.0 Å². The molecule has 3 nitrogen and oxygen atoms in total. The summed E-state index contributed by atoms with van der Waals surface area (Å²) in [5, 5.41) is 6.03. The van der Waals surface area contributed by atoms with Crippen LogP contribution in [0.5, 0.6) is 0 Å². The van der Waals surface area contributed by atoms with Crippen LogP contribution in [0.25, 0.3) is 10.8 Å². The second-order valence-corrected chi connectivity index (χ2v) is 5.21. The lowest BCUT2D eigenvalue weighted by Gasteiger charge is -2.18. The Hall–Kier alpha value is -2.13. The highest BCUT2D eigenvalue weighted by Crippen LogP contribution is 2.25. The standard InChI is InChI=1S/C18H20N2O/c1-2-10-19-17(13-15-7-5-12-21-15)18-16-8-4-3-6-14(16)9-11-20-18/h3-9,11-12,17,19H,2,10,13H2,1H3. The Kier molecular flexibility index (Phi) is 4.31. The van der Waals surface area contributed by atoms with Crippen LogP contribution in [0.4, 0.5) is 0 Å². The van der Waals surface area contributed by atoms with Gasteiger partial charge in [0.2, 0.25) is 0 Å². The minimum absolute atomic E-state index is 0.169. The van der Waals surface area contributed by atoms with Crippen LogP contribution in [0.3, 0.4) is 0 Å². The third-order valence-corrected chi connectivity index (χ3v) is 3.66. The SMILES string of the molecule is CCCNC(Cc1ccco1)c1nccc2ccccc12. The highest BCUT2D eigenvalue weighted by atomic mass is 16.3. The monoisotopic (exact) mass is 280 g/mol. The van der Waals surface area contributed by atoms with Crippen molar-refractivity contribution in [1.29, 1.82) is 0 Å². The average Bonchev–Trinajstić information content (AvgIpc) is 3.04. The number of furan rings is 1. The van der Waals surface area contributed by atoms with Crippen LogP contribution in [-0.4, -0.2) is 11.5 Å². The predicted molar refractivity (Wildman–Crippen MR) is 85.2 cm³/mol. The van der Waals surface area contributed by atoms with Gasteiger partial charge in [-0.1, -0.05) is 31.2 Å². The summed E-state index contributed by atoms with van der Waals surface area (Å²) < 4.78 is 5.51. The van der Waals surface area contributed by atoms with Crippen molar-refractivity contribution >= 4 is 10.8 Å². The highest BCUT2D eigenvalue weighted by Gasteiger charge is 2.17. The smallest absolute Gasteiger partial charge is 0.105 e. The average molecular weight is 280 g/mol. The van der Waals surface area contributed by atoms with Gasteiger partial charge in [-0.2, -0.15) is 0 Å². The van der Waals surface area contributed by atoms with Crippen molar-refractivity contribution in [3.05, 3.63) is 66.4 Å². The quantitative estimate of drug-likeness (QED) is 0.738. The van der Waals surface area contributed by atoms with Crippen LogP contribution >= 0.6 is 0 Å². The predicted octanol–water partition coefficient (Wildman–Crippen LogP) is 4.11. The third kappa shape index (κ3) is 3.14. The van der Waals surface area contributed by atoms with Gasteiger partial charge >= 0.3 is 0 Å². The van der Waals surface area contributed by atoms with Crippen LogP contribution in [-0.2, 0) is 6.42 Å². The first kappa shape index (κ1) is 13.8. The molecule has 2 aromatic heterocycles. The van der Waals surface area contributed by atoms with E-state index in [0.29, 0.717) is 0 Å². The molecule has 0 bridgehead atoms. The molecule has 3 aromatic rings. The van der Waals surface area contributed by atoms with Crippen LogP contribution < -0.4 is 5.32 Å². The van der Waals surface area contributed by atoms with Crippen molar-refractivity contribution in [3.63, 3.8) is 0 Å². The van der Waals surface area contributed by atoms with Crippen molar-refractivity contribution in [2.75, 3.05) is 6.54 Å². The normalized spacial score (nSPS) is 12.6. The third-order valence-electron chi connectivity index (χ3n) is 3.66. The number of nitrogens with zero attached hydrogens (tertiary/aromatic N) is 1. The van der Waals surface area contributed by atoms with Gasteiger partial charge in [0.15, 0.2) is 0 Å². The number of pyridine rings is 1. The summed E-state index contributed by atoms with van der Waals surface area (Å²) in [6, 6.07) is 14.6. The van der Waals surface area contributed by atoms with Crippen molar-refractivity contribution in [3.8, 4) is 0 Å². The van der Waals surface area contributed by atoms with E-state index in [4.69, 9.17) is 4.42 Å². The summed E-state index contributed by atoms with van der Waals surface area (Å²) in [6.07, 6.45) is 5.52. The fourth-order valence-corrected chi connectivity index (χ4v) is 2.63. The van der Waals surface area contributed by atoms with Crippen LogP contribution in [0.1, 0.15) is 30.8 Å². The molecular formula is C18H20N2O. The molecule has 1 aromatic carbocycles. The zero-order chi connectivity index (χ0) is 14.5. The van der Waals surface area contributed by atoms with Crippen molar-refractivity contribution < 1.29 is 4.42 Å². The fraction of sp³-hybridized carbons (Fsp3) is 0.278. The maximum atomic E-state index is 5.51. The van der Waals surface area contributed by atoms with Gasteiger partial charge in [0.25, 0.3) is 0 Å². The number of fused-ring (bicyclic) bond motifs is 1. The Labute approximate surface area is 125 Å². The molecule has 0 aliphatic heterocycles. The summed E-state index contributed by atoms with van der Waals surface area (Å²) in [5.74, 6) is 0.985. The van der Waals surface area contributed by atoms with E-state index in [9.17, 15) is 0 Å². The summed E-state index contributed by atoms with van der Waals surface area (Å²) in [7, 11) is 0. The van der Waals surface area contributed by atoms with Gasteiger partial charge in [-0.25, -0.2) is 0 Å². The Bertz CT molecular complexity index is 686. The molecule has 2 heterocycles. The lowest BCUT2D eigenvalue weighted by molar-refractivity contribution is 0.445. The minimum Gasteiger partial charge on any atom is -0.469 e. The molecule has 0 saturated heterocycles. The highest BCUT2D eigenvalue weighted by molar-refractivity contribution is 5.84. The maximum absolute atomic E-state index is 5.51. The topological polar surface area (TPSA) is 38.1 Å². The zero-order valence-electron chi connectivity index (χ0n) is 12.3. The first-order chi connectivity index (χ1) is 10.4. The first-order valence-corrected chi connectivity index (χ1v) is 7.48. The first-order valence-electron chi connectivity index (χ1n) is 7.48. The minimum atomic E-state index is 0.169. The Balaban J connectivity index is 1.97. The van der Waals surface area contributed by atoms with E-state index < -0.39 is 0 Å². The molecule has 0 radical (unpaired) electrons. The molecule has 1 N–H and O–H groups in total. The largest absolute Gasteiger partial charge is 0.469 e. The number of nitrogens with one attached hydrogen (secondary N) is 1. The molecule has 0 spiro atoms. The second kappa shape index (κ2) is 6.55. The number of rotatable bonds is 6.